The lowest BCUT2D eigenvalue weighted by molar-refractivity contribution is 0.0914. The van der Waals surface area contributed by atoms with Crippen molar-refractivity contribution in [3.8, 4) is 5.95 Å². The molecule has 24 heavy (non-hydrogen) atoms. The fraction of sp³-hybridized carbons (Fsp3) is 0.529. The molecule has 1 fully saturated rings. The quantitative estimate of drug-likeness (QED) is 0.934. The van der Waals surface area contributed by atoms with E-state index in [9.17, 15) is 4.79 Å². The van der Waals surface area contributed by atoms with E-state index < -0.39 is 0 Å². The second kappa shape index (κ2) is 6.59. The van der Waals surface area contributed by atoms with Gasteiger partial charge in [-0.05, 0) is 40.0 Å². The number of carbonyl (C=O) groups is 1. The van der Waals surface area contributed by atoms with Crippen LogP contribution >= 0.6 is 0 Å². The van der Waals surface area contributed by atoms with Gasteiger partial charge >= 0.3 is 0 Å². The van der Waals surface area contributed by atoms with Crippen LogP contribution in [-0.2, 0) is 0 Å². The molecule has 0 saturated carbocycles. The molecule has 0 radical (unpaired) electrons. The zero-order valence-electron chi connectivity index (χ0n) is 14.5. The van der Waals surface area contributed by atoms with Crippen molar-refractivity contribution < 1.29 is 4.79 Å². The molecule has 1 saturated heterocycles. The topological polar surface area (TPSA) is 75.9 Å². The van der Waals surface area contributed by atoms with Crippen LogP contribution in [0.5, 0.6) is 0 Å². The van der Waals surface area contributed by atoms with Gasteiger partial charge in [-0.1, -0.05) is 0 Å². The smallest absolute Gasteiger partial charge is 0.270 e. The number of imidazole rings is 1. The van der Waals surface area contributed by atoms with Crippen molar-refractivity contribution in [2.75, 3.05) is 18.0 Å². The summed E-state index contributed by atoms with van der Waals surface area (Å²) in [6, 6.07) is 1.78. The first-order chi connectivity index (χ1) is 11.4. The van der Waals surface area contributed by atoms with Gasteiger partial charge in [0, 0.05) is 37.1 Å². The molecule has 128 valence electrons. The van der Waals surface area contributed by atoms with Crippen molar-refractivity contribution in [1.29, 1.82) is 0 Å². The van der Waals surface area contributed by atoms with Gasteiger partial charge in [-0.25, -0.2) is 9.97 Å². The maximum Gasteiger partial charge on any atom is 0.270 e. The van der Waals surface area contributed by atoms with Gasteiger partial charge in [0.25, 0.3) is 5.91 Å². The van der Waals surface area contributed by atoms with Gasteiger partial charge in [0.1, 0.15) is 17.8 Å². The zero-order valence-corrected chi connectivity index (χ0v) is 14.5. The van der Waals surface area contributed by atoms with Crippen LogP contribution in [0.15, 0.2) is 24.8 Å². The highest BCUT2D eigenvalue weighted by Gasteiger charge is 2.21. The van der Waals surface area contributed by atoms with Crippen LogP contribution in [0.2, 0.25) is 0 Å². The molecule has 7 nitrogen and oxygen atoms in total. The number of rotatable bonds is 3. The molecule has 0 aromatic carbocycles. The predicted octanol–water partition coefficient (Wildman–Crippen LogP) is 2.18. The van der Waals surface area contributed by atoms with E-state index in [2.05, 4.69) is 25.2 Å². The van der Waals surface area contributed by atoms with Gasteiger partial charge in [-0.15, -0.1) is 0 Å². The standard InChI is InChI=1S/C17H24N6O/c1-17(2,3)21-15(24)13-11-14(22-8-5-4-6-9-22)20-16(19-13)23-10-7-18-12-23/h7,10-12H,4-6,8-9H2,1-3H3,(H,21,24). The number of hydrogen-bond donors (Lipinski definition) is 1. The molecule has 0 unspecified atom stereocenters. The third-order valence-electron chi connectivity index (χ3n) is 3.84. The minimum Gasteiger partial charge on any atom is -0.356 e. The van der Waals surface area contributed by atoms with Crippen molar-refractivity contribution >= 4 is 11.7 Å². The Labute approximate surface area is 142 Å². The molecule has 0 aliphatic carbocycles. The Kier molecular flexibility index (Phi) is 4.51. The molecule has 1 N–H and O–H groups in total. The molecular formula is C17H24N6O. The molecule has 0 bridgehead atoms. The molecule has 1 aliphatic rings. The predicted molar refractivity (Wildman–Crippen MR) is 92.4 cm³/mol. The lowest BCUT2D eigenvalue weighted by atomic mass is 10.1. The second-order valence-corrected chi connectivity index (χ2v) is 7.13. The minimum atomic E-state index is -0.317. The van der Waals surface area contributed by atoms with Gasteiger partial charge in [0.05, 0.1) is 0 Å². The molecule has 2 aromatic rings. The molecule has 0 spiro atoms. The molecule has 3 heterocycles. The van der Waals surface area contributed by atoms with Crippen molar-refractivity contribution in [2.24, 2.45) is 0 Å². The van der Waals surface area contributed by atoms with Crippen LogP contribution in [0.3, 0.4) is 0 Å². The number of piperidine rings is 1. The molecule has 3 rings (SSSR count). The molecule has 1 amide bonds. The lowest BCUT2D eigenvalue weighted by Crippen LogP contribution is -2.41. The first kappa shape index (κ1) is 16.4. The van der Waals surface area contributed by atoms with Gasteiger partial charge in [0.15, 0.2) is 0 Å². The van der Waals surface area contributed by atoms with Gasteiger partial charge in [-0.2, -0.15) is 4.98 Å². The van der Waals surface area contributed by atoms with E-state index in [1.807, 2.05) is 20.8 Å². The second-order valence-electron chi connectivity index (χ2n) is 7.13. The number of amides is 1. The summed E-state index contributed by atoms with van der Waals surface area (Å²) in [6.07, 6.45) is 8.63. The summed E-state index contributed by atoms with van der Waals surface area (Å²) in [4.78, 5) is 27.9. The van der Waals surface area contributed by atoms with E-state index in [1.54, 1.807) is 29.4 Å². The van der Waals surface area contributed by atoms with Crippen molar-refractivity contribution in [2.45, 2.75) is 45.6 Å². The average molecular weight is 328 g/mol. The van der Waals surface area contributed by atoms with Crippen molar-refractivity contribution in [3.63, 3.8) is 0 Å². The molecule has 0 atom stereocenters. The highest BCUT2D eigenvalue weighted by Crippen LogP contribution is 2.20. The summed E-state index contributed by atoms with van der Waals surface area (Å²) in [7, 11) is 0. The third kappa shape index (κ3) is 3.90. The normalized spacial score (nSPS) is 15.4. The van der Waals surface area contributed by atoms with Crippen molar-refractivity contribution in [3.05, 3.63) is 30.5 Å². The first-order valence-corrected chi connectivity index (χ1v) is 8.37. The molecular weight excluding hydrogens is 304 g/mol. The summed E-state index contributed by atoms with van der Waals surface area (Å²) in [5, 5.41) is 2.97. The van der Waals surface area contributed by atoms with Gasteiger partial charge < -0.3 is 10.2 Å². The third-order valence-corrected chi connectivity index (χ3v) is 3.84. The van der Waals surface area contributed by atoms with E-state index in [4.69, 9.17) is 0 Å². The minimum absolute atomic E-state index is 0.190. The monoisotopic (exact) mass is 328 g/mol. The van der Waals surface area contributed by atoms with E-state index >= 15 is 0 Å². The van der Waals surface area contributed by atoms with Crippen LogP contribution in [0, 0.1) is 0 Å². The molecule has 2 aromatic heterocycles. The maximum absolute atomic E-state index is 12.6. The number of aromatic nitrogens is 4. The number of nitrogens with one attached hydrogen (secondary N) is 1. The van der Waals surface area contributed by atoms with Gasteiger partial charge in [-0.3, -0.25) is 9.36 Å². The zero-order chi connectivity index (χ0) is 17.2. The summed E-state index contributed by atoms with van der Waals surface area (Å²) in [5.74, 6) is 1.08. The van der Waals surface area contributed by atoms with E-state index in [1.165, 1.54) is 6.42 Å². The Hall–Kier alpha value is -2.44. The SMILES string of the molecule is CC(C)(C)NC(=O)c1cc(N2CCCCC2)nc(-n2ccnc2)n1. The molecule has 1 aliphatic heterocycles. The van der Waals surface area contributed by atoms with Crippen LogP contribution < -0.4 is 10.2 Å². The number of nitrogens with zero attached hydrogens (tertiary/aromatic N) is 5. The lowest BCUT2D eigenvalue weighted by Gasteiger charge is -2.28. The van der Waals surface area contributed by atoms with Crippen LogP contribution in [0.1, 0.15) is 50.5 Å². The fourth-order valence-corrected chi connectivity index (χ4v) is 2.72. The Morgan fingerprint density at radius 2 is 1.92 bits per heavy atom. The highest BCUT2D eigenvalue weighted by molar-refractivity contribution is 5.93. The number of anilines is 1. The fourth-order valence-electron chi connectivity index (χ4n) is 2.72. The molecule has 7 heteroatoms. The van der Waals surface area contributed by atoms with Gasteiger partial charge in [0.2, 0.25) is 5.95 Å². The first-order valence-electron chi connectivity index (χ1n) is 8.37. The van der Waals surface area contributed by atoms with E-state index in [0.717, 1.165) is 31.7 Å². The highest BCUT2D eigenvalue weighted by atomic mass is 16.2. The van der Waals surface area contributed by atoms with Crippen LogP contribution in [0.4, 0.5) is 5.82 Å². The summed E-state index contributed by atoms with van der Waals surface area (Å²) in [6.45, 7) is 7.78. The van der Waals surface area contributed by atoms with Crippen LogP contribution in [0.25, 0.3) is 5.95 Å². The Morgan fingerprint density at radius 1 is 1.17 bits per heavy atom. The Balaban J connectivity index is 1.98. The summed E-state index contributed by atoms with van der Waals surface area (Å²) < 4.78 is 1.72. The van der Waals surface area contributed by atoms with E-state index in [0.29, 0.717) is 11.6 Å². The maximum atomic E-state index is 12.6. The van der Waals surface area contributed by atoms with E-state index in [-0.39, 0.29) is 11.4 Å². The largest absolute Gasteiger partial charge is 0.356 e. The van der Waals surface area contributed by atoms with Crippen LogP contribution in [-0.4, -0.2) is 44.1 Å². The number of hydrogen-bond acceptors (Lipinski definition) is 5. The Bertz CT molecular complexity index is 698. The van der Waals surface area contributed by atoms with Crippen molar-refractivity contribution in [1.82, 2.24) is 24.8 Å². The summed E-state index contributed by atoms with van der Waals surface area (Å²) in [5.41, 5.74) is 0.0619. The number of carbonyl (C=O) groups excluding carboxylic acids is 1. The average Bonchev–Trinajstić information content (AvgIpc) is 3.08. The summed E-state index contributed by atoms with van der Waals surface area (Å²) >= 11 is 0. The Morgan fingerprint density at radius 3 is 2.54 bits per heavy atom.